The van der Waals surface area contributed by atoms with Gasteiger partial charge in [0.2, 0.25) is 5.91 Å². The van der Waals surface area contributed by atoms with E-state index in [1.807, 2.05) is 6.92 Å². The number of likely N-dealkylation sites (tertiary alicyclic amines) is 1. The molecule has 6 heteroatoms. The topological polar surface area (TPSA) is 88.3 Å². The molecule has 0 saturated carbocycles. The summed E-state index contributed by atoms with van der Waals surface area (Å²) in [6, 6.07) is 3.49. The van der Waals surface area contributed by atoms with Gasteiger partial charge in [-0.05, 0) is 38.3 Å². The van der Waals surface area contributed by atoms with Crippen LogP contribution in [0.5, 0.6) is 0 Å². The first-order chi connectivity index (χ1) is 10.6. The van der Waals surface area contributed by atoms with Crippen LogP contribution in [0.25, 0.3) is 0 Å². The fraction of sp³-hybridized carbons (Fsp3) is 0.562. The van der Waals surface area contributed by atoms with Crippen molar-refractivity contribution in [1.82, 2.24) is 15.2 Å². The summed E-state index contributed by atoms with van der Waals surface area (Å²) in [5.74, 6) is -0.143. The number of carbonyl (C=O) groups is 2. The Labute approximate surface area is 131 Å². The molecule has 0 bridgehead atoms. The van der Waals surface area contributed by atoms with Crippen molar-refractivity contribution in [2.24, 2.45) is 11.7 Å². The second-order valence-electron chi connectivity index (χ2n) is 5.88. The van der Waals surface area contributed by atoms with Gasteiger partial charge in [0.15, 0.2) is 0 Å². The summed E-state index contributed by atoms with van der Waals surface area (Å²) in [4.78, 5) is 30.3. The summed E-state index contributed by atoms with van der Waals surface area (Å²) in [6.07, 6.45) is 5.65. The summed E-state index contributed by atoms with van der Waals surface area (Å²) < 4.78 is 0. The number of hydrogen-bond donors (Lipinski definition) is 2. The Bertz CT molecular complexity index is 504. The van der Waals surface area contributed by atoms with E-state index in [0.717, 1.165) is 19.3 Å². The van der Waals surface area contributed by atoms with Gasteiger partial charge in [0.1, 0.15) is 0 Å². The van der Waals surface area contributed by atoms with Gasteiger partial charge in [0, 0.05) is 43.6 Å². The summed E-state index contributed by atoms with van der Waals surface area (Å²) in [7, 11) is 0. The van der Waals surface area contributed by atoms with E-state index in [1.165, 1.54) is 0 Å². The van der Waals surface area contributed by atoms with Gasteiger partial charge in [-0.1, -0.05) is 0 Å². The maximum Gasteiger partial charge on any atom is 0.253 e. The molecule has 2 unspecified atom stereocenters. The maximum atomic E-state index is 12.4. The van der Waals surface area contributed by atoms with E-state index >= 15 is 0 Å². The Morgan fingerprint density at radius 2 is 2.18 bits per heavy atom. The van der Waals surface area contributed by atoms with E-state index in [0.29, 0.717) is 25.2 Å². The van der Waals surface area contributed by atoms with Crippen LogP contribution in [0.4, 0.5) is 0 Å². The zero-order valence-electron chi connectivity index (χ0n) is 13.0. The SMILES string of the molecule is CC(N)CCNC(=O)C1CCCN(C(=O)c2ccncc2)C1. The number of nitrogens with one attached hydrogen (secondary N) is 1. The van der Waals surface area contributed by atoms with Crippen LogP contribution >= 0.6 is 0 Å². The fourth-order valence-corrected chi connectivity index (χ4v) is 2.62. The van der Waals surface area contributed by atoms with E-state index in [1.54, 1.807) is 29.4 Å². The normalized spacial score (nSPS) is 19.5. The Morgan fingerprint density at radius 3 is 2.86 bits per heavy atom. The smallest absolute Gasteiger partial charge is 0.253 e. The molecule has 3 N–H and O–H groups in total. The van der Waals surface area contributed by atoms with Crippen molar-refractivity contribution in [2.45, 2.75) is 32.2 Å². The van der Waals surface area contributed by atoms with E-state index in [4.69, 9.17) is 5.73 Å². The summed E-state index contributed by atoms with van der Waals surface area (Å²) in [6.45, 7) is 3.68. The molecular weight excluding hydrogens is 280 g/mol. The highest BCUT2D eigenvalue weighted by Crippen LogP contribution is 2.18. The van der Waals surface area contributed by atoms with Crippen LogP contribution in [-0.4, -0.2) is 47.4 Å². The van der Waals surface area contributed by atoms with Gasteiger partial charge < -0.3 is 16.0 Å². The first kappa shape index (κ1) is 16.4. The molecule has 0 aliphatic carbocycles. The van der Waals surface area contributed by atoms with Crippen molar-refractivity contribution >= 4 is 11.8 Å². The molecule has 2 amide bonds. The van der Waals surface area contributed by atoms with E-state index in [9.17, 15) is 9.59 Å². The standard InChI is InChI=1S/C16H24N4O2/c1-12(17)4-9-19-15(21)14-3-2-10-20(11-14)16(22)13-5-7-18-8-6-13/h5-8,12,14H,2-4,9-11,17H2,1H3,(H,19,21). The van der Waals surface area contributed by atoms with Crippen LogP contribution in [0.2, 0.25) is 0 Å². The van der Waals surface area contributed by atoms with E-state index < -0.39 is 0 Å². The van der Waals surface area contributed by atoms with Crippen LogP contribution in [0.15, 0.2) is 24.5 Å². The van der Waals surface area contributed by atoms with E-state index in [2.05, 4.69) is 10.3 Å². The lowest BCUT2D eigenvalue weighted by Crippen LogP contribution is -2.45. The number of piperidine rings is 1. The van der Waals surface area contributed by atoms with Gasteiger partial charge >= 0.3 is 0 Å². The highest BCUT2D eigenvalue weighted by molar-refractivity contribution is 5.94. The van der Waals surface area contributed by atoms with E-state index in [-0.39, 0.29) is 23.8 Å². The number of nitrogens with zero attached hydrogens (tertiary/aromatic N) is 2. The minimum absolute atomic E-state index is 0.0212. The van der Waals surface area contributed by atoms with Crippen LogP contribution in [0.1, 0.15) is 36.5 Å². The number of nitrogens with two attached hydrogens (primary N) is 1. The number of carbonyl (C=O) groups excluding carboxylic acids is 2. The summed E-state index contributed by atoms with van der Waals surface area (Å²) in [5.41, 5.74) is 6.29. The second kappa shape index (κ2) is 7.89. The van der Waals surface area contributed by atoms with Gasteiger partial charge in [0.25, 0.3) is 5.91 Å². The molecule has 2 heterocycles. The predicted molar refractivity (Wildman–Crippen MR) is 84.1 cm³/mol. The number of rotatable bonds is 5. The number of amides is 2. The highest BCUT2D eigenvalue weighted by Gasteiger charge is 2.28. The fourth-order valence-electron chi connectivity index (χ4n) is 2.62. The number of hydrogen-bond acceptors (Lipinski definition) is 4. The molecular formula is C16H24N4O2. The van der Waals surface area contributed by atoms with Gasteiger partial charge in [0.05, 0.1) is 5.92 Å². The Hall–Kier alpha value is -1.95. The van der Waals surface area contributed by atoms with Gasteiger partial charge in [-0.25, -0.2) is 0 Å². The third-order valence-electron chi connectivity index (χ3n) is 3.91. The molecule has 6 nitrogen and oxygen atoms in total. The van der Waals surface area contributed by atoms with Crippen molar-refractivity contribution < 1.29 is 9.59 Å². The average molecular weight is 304 g/mol. The maximum absolute atomic E-state index is 12.4. The zero-order chi connectivity index (χ0) is 15.9. The van der Waals surface area contributed by atoms with Crippen molar-refractivity contribution in [1.29, 1.82) is 0 Å². The Kier molecular flexibility index (Phi) is 5.89. The molecule has 2 rings (SSSR count). The number of aromatic nitrogens is 1. The molecule has 1 aliphatic heterocycles. The lowest BCUT2D eigenvalue weighted by molar-refractivity contribution is -0.126. The lowest BCUT2D eigenvalue weighted by atomic mass is 9.96. The molecule has 120 valence electrons. The third-order valence-corrected chi connectivity index (χ3v) is 3.91. The molecule has 1 aliphatic rings. The second-order valence-corrected chi connectivity index (χ2v) is 5.88. The lowest BCUT2D eigenvalue weighted by Gasteiger charge is -2.32. The summed E-state index contributed by atoms with van der Waals surface area (Å²) >= 11 is 0. The third kappa shape index (κ3) is 4.53. The van der Waals surface area contributed by atoms with Crippen molar-refractivity contribution in [3.05, 3.63) is 30.1 Å². The van der Waals surface area contributed by atoms with Crippen molar-refractivity contribution in [3.8, 4) is 0 Å². The zero-order valence-corrected chi connectivity index (χ0v) is 13.0. The molecule has 0 radical (unpaired) electrons. The first-order valence-corrected chi connectivity index (χ1v) is 7.80. The average Bonchev–Trinajstić information content (AvgIpc) is 2.54. The predicted octanol–water partition coefficient (Wildman–Crippen LogP) is 0.787. The molecule has 22 heavy (non-hydrogen) atoms. The van der Waals surface area contributed by atoms with Crippen LogP contribution in [0.3, 0.4) is 0 Å². The Morgan fingerprint density at radius 1 is 1.45 bits per heavy atom. The Balaban J connectivity index is 1.88. The van der Waals surface area contributed by atoms with Crippen LogP contribution in [-0.2, 0) is 4.79 Å². The largest absolute Gasteiger partial charge is 0.356 e. The minimum Gasteiger partial charge on any atom is -0.356 e. The van der Waals surface area contributed by atoms with Crippen molar-refractivity contribution in [3.63, 3.8) is 0 Å². The molecule has 2 atom stereocenters. The molecule has 1 saturated heterocycles. The van der Waals surface area contributed by atoms with Gasteiger partial charge in [-0.3, -0.25) is 14.6 Å². The molecule has 1 aromatic rings. The minimum atomic E-state index is -0.132. The van der Waals surface area contributed by atoms with Crippen LogP contribution < -0.4 is 11.1 Å². The van der Waals surface area contributed by atoms with Crippen molar-refractivity contribution in [2.75, 3.05) is 19.6 Å². The first-order valence-electron chi connectivity index (χ1n) is 7.80. The monoisotopic (exact) mass is 304 g/mol. The number of pyridine rings is 1. The molecule has 1 fully saturated rings. The quantitative estimate of drug-likeness (QED) is 0.841. The molecule has 1 aromatic heterocycles. The van der Waals surface area contributed by atoms with Gasteiger partial charge in [-0.2, -0.15) is 0 Å². The molecule has 0 spiro atoms. The van der Waals surface area contributed by atoms with Crippen LogP contribution in [0, 0.1) is 5.92 Å². The summed E-state index contributed by atoms with van der Waals surface area (Å²) in [5, 5.41) is 2.92. The molecule has 0 aromatic carbocycles. The highest BCUT2D eigenvalue weighted by atomic mass is 16.2. The van der Waals surface area contributed by atoms with Gasteiger partial charge in [-0.15, -0.1) is 0 Å².